The van der Waals surface area contributed by atoms with Crippen LogP contribution in [-0.2, 0) is 4.74 Å². The Morgan fingerprint density at radius 1 is 1.43 bits per heavy atom. The van der Waals surface area contributed by atoms with Crippen LogP contribution in [-0.4, -0.2) is 19.8 Å². The second kappa shape index (κ2) is 4.33. The Labute approximate surface area is 84.3 Å². The van der Waals surface area contributed by atoms with Crippen molar-refractivity contribution in [2.75, 3.05) is 30.8 Å². The molecule has 0 aliphatic carbocycles. The molecule has 3 N–H and O–H groups in total. The van der Waals surface area contributed by atoms with Gasteiger partial charge >= 0.3 is 0 Å². The van der Waals surface area contributed by atoms with Crippen LogP contribution in [0.4, 0.5) is 11.4 Å². The van der Waals surface area contributed by atoms with Crippen LogP contribution < -0.4 is 11.1 Å². The first kappa shape index (κ1) is 9.34. The number of hydrogen-bond acceptors (Lipinski definition) is 3. The Morgan fingerprint density at radius 3 is 3.00 bits per heavy atom. The minimum absolute atomic E-state index is 0.634. The van der Waals surface area contributed by atoms with Gasteiger partial charge in [-0.3, -0.25) is 0 Å². The Kier molecular flexibility index (Phi) is 2.89. The van der Waals surface area contributed by atoms with E-state index in [9.17, 15) is 0 Å². The van der Waals surface area contributed by atoms with Gasteiger partial charge in [-0.25, -0.2) is 0 Å². The lowest BCUT2D eigenvalue weighted by Crippen LogP contribution is -2.14. The third-order valence-electron chi connectivity index (χ3n) is 2.57. The van der Waals surface area contributed by atoms with Gasteiger partial charge in [0.25, 0.3) is 0 Å². The molecule has 0 spiro atoms. The maximum absolute atomic E-state index is 5.81. The predicted octanol–water partition coefficient (Wildman–Crippen LogP) is 1.72. The second-order valence-corrected chi connectivity index (χ2v) is 3.70. The van der Waals surface area contributed by atoms with Gasteiger partial charge < -0.3 is 15.8 Å². The highest BCUT2D eigenvalue weighted by molar-refractivity contribution is 5.65. The topological polar surface area (TPSA) is 47.3 Å². The molecule has 2 rings (SSSR count). The Balaban J connectivity index is 1.88. The molecule has 1 aliphatic rings. The molecule has 1 aromatic rings. The van der Waals surface area contributed by atoms with Crippen LogP contribution in [0.15, 0.2) is 24.3 Å². The van der Waals surface area contributed by atoms with Gasteiger partial charge in [0, 0.05) is 19.1 Å². The monoisotopic (exact) mass is 192 g/mol. The molecule has 3 heteroatoms. The SMILES string of the molecule is Nc1ccccc1NCC1CCOC1. The van der Waals surface area contributed by atoms with Gasteiger partial charge in [0.2, 0.25) is 0 Å². The summed E-state index contributed by atoms with van der Waals surface area (Å²) in [6, 6.07) is 7.85. The number of hydrogen-bond donors (Lipinski definition) is 2. The molecule has 3 nitrogen and oxygen atoms in total. The highest BCUT2D eigenvalue weighted by Gasteiger charge is 2.15. The zero-order valence-corrected chi connectivity index (χ0v) is 8.20. The lowest BCUT2D eigenvalue weighted by molar-refractivity contribution is 0.187. The van der Waals surface area contributed by atoms with Gasteiger partial charge in [-0.2, -0.15) is 0 Å². The molecule has 1 unspecified atom stereocenters. The van der Waals surface area contributed by atoms with Crippen LogP contribution in [0.2, 0.25) is 0 Å². The van der Waals surface area contributed by atoms with Crippen LogP contribution in [0, 0.1) is 5.92 Å². The van der Waals surface area contributed by atoms with Crippen molar-refractivity contribution in [1.82, 2.24) is 0 Å². The van der Waals surface area contributed by atoms with Gasteiger partial charge in [-0.05, 0) is 18.6 Å². The van der Waals surface area contributed by atoms with Crippen LogP contribution >= 0.6 is 0 Å². The van der Waals surface area contributed by atoms with Crippen molar-refractivity contribution >= 4 is 11.4 Å². The molecule has 1 aromatic carbocycles. The smallest absolute Gasteiger partial charge is 0.0574 e. The first-order valence-electron chi connectivity index (χ1n) is 5.02. The molecule has 0 radical (unpaired) electrons. The standard InChI is InChI=1S/C11H16N2O/c12-10-3-1-2-4-11(10)13-7-9-5-6-14-8-9/h1-4,9,13H,5-8,12H2. The van der Waals surface area contributed by atoms with Crippen LogP contribution in [0.25, 0.3) is 0 Å². The van der Waals surface area contributed by atoms with Gasteiger partial charge in [0.15, 0.2) is 0 Å². The molecule has 1 aliphatic heterocycles. The second-order valence-electron chi connectivity index (χ2n) is 3.70. The lowest BCUT2D eigenvalue weighted by atomic mass is 10.1. The summed E-state index contributed by atoms with van der Waals surface area (Å²) >= 11 is 0. The van der Waals surface area contributed by atoms with Crippen LogP contribution in [0.1, 0.15) is 6.42 Å². The predicted molar refractivity (Wildman–Crippen MR) is 58.3 cm³/mol. The zero-order chi connectivity index (χ0) is 9.80. The number of nitrogens with two attached hydrogens (primary N) is 1. The maximum Gasteiger partial charge on any atom is 0.0574 e. The average Bonchev–Trinajstić information content (AvgIpc) is 2.69. The molecule has 14 heavy (non-hydrogen) atoms. The van der Waals surface area contributed by atoms with E-state index in [1.165, 1.54) is 0 Å². The number of rotatable bonds is 3. The van der Waals surface area contributed by atoms with E-state index in [1.807, 2.05) is 24.3 Å². The third-order valence-corrected chi connectivity index (χ3v) is 2.57. The molecule has 1 saturated heterocycles. The van der Waals surface area contributed by atoms with E-state index in [2.05, 4.69) is 5.32 Å². The molecule has 0 bridgehead atoms. The molecular weight excluding hydrogens is 176 g/mol. The van der Waals surface area contributed by atoms with Crippen molar-refractivity contribution in [2.24, 2.45) is 5.92 Å². The number of ether oxygens (including phenoxy) is 1. The Morgan fingerprint density at radius 2 is 2.29 bits per heavy atom. The van der Waals surface area contributed by atoms with E-state index >= 15 is 0 Å². The molecule has 1 atom stereocenters. The third kappa shape index (κ3) is 2.17. The van der Waals surface area contributed by atoms with Crippen molar-refractivity contribution < 1.29 is 4.74 Å². The van der Waals surface area contributed by atoms with Crippen molar-refractivity contribution in [3.63, 3.8) is 0 Å². The lowest BCUT2D eigenvalue weighted by Gasteiger charge is -2.12. The summed E-state index contributed by atoms with van der Waals surface area (Å²) in [6.45, 7) is 2.73. The van der Waals surface area contributed by atoms with Crippen molar-refractivity contribution in [2.45, 2.75) is 6.42 Å². The minimum Gasteiger partial charge on any atom is -0.397 e. The molecule has 0 saturated carbocycles. The van der Waals surface area contributed by atoms with Gasteiger partial charge in [-0.1, -0.05) is 12.1 Å². The van der Waals surface area contributed by atoms with E-state index in [0.717, 1.165) is 37.6 Å². The van der Waals surface area contributed by atoms with Crippen molar-refractivity contribution in [1.29, 1.82) is 0 Å². The number of anilines is 2. The Bertz CT molecular complexity index is 295. The zero-order valence-electron chi connectivity index (χ0n) is 8.20. The Hall–Kier alpha value is -1.22. The fourth-order valence-corrected chi connectivity index (χ4v) is 1.66. The highest BCUT2D eigenvalue weighted by atomic mass is 16.5. The van der Waals surface area contributed by atoms with E-state index in [4.69, 9.17) is 10.5 Å². The highest BCUT2D eigenvalue weighted by Crippen LogP contribution is 2.19. The van der Waals surface area contributed by atoms with E-state index in [-0.39, 0.29) is 0 Å². The first-order valence-corrected chi connectivity index (χ1v) is 5.02. The maximum atomic E-state index is 5.81. The largest absolute Gasteiger partial charge is 0.397 e. The van der Waals surface area contributed by atoms with E-state index < -0.39 is 0 Å². The summed E-state index contributed by atoms with van der Waals surface area (Å²) in [6.07, 6.45) is 1.15. The quantitative estimate of drug-likeness (QED) is 0.717. The number of benzene rings is 1. The van der Waals surface area contributed by atoms with Crippen molar-refractivity contribution in [3.05, 3.63) is 24.3 Å². The summed E-state index contributed by atoms with van der Waals surface area (Å²) in [4.78, 5) is 0. The van der Waals surface area contributed by atoms with E-state index in [1.54, 1.807) is 0 Å². The summed E-state index contributed by atoms with van der Waals surface area (Å²) in [5.41, 5.74) is 7.65. The summed E-state index contributed by atoms with van der Waals surface area (Å²) < 4.78 is 5.30. The van der Waals surface area contributed by atoms with Gasteiger partial charge in [-0.15, -0.1) is 0 Å². The average molecular weight is 192 g/mol. The summed E-state index contributed by atoms with van der Waals surface area (Å²) in [5, 5.41) is 3.35. The van der Waals surface area contributed by atoms with Crippen molar-refractivity contribution in [3.8, 4) is 0 Å². The number of nitrogens with one attached hydrogen (secondary N) is 1. The summed E-state index contributed by atoms with van der Waals surface area (Å²) in [7, 11) is 0. The molecule has 0 aromatic heterocycles. The molecule has 1 heterocycles. The molecular formula is C11H16N2O. The minimum atomic E-state index is 0.634. The molecule has 0 amide bonds. The molecule has 76 valence electrons. The van der Waals surface area contributed by atoms with Gasteiger partial charge in [0.05, 0.1) is 18.0 Å². The molecule has 1 fully saturated rings. The van der Waals surface area contributed by atoms with Gasteiger partial charge in [0.1, 0.15) is 0 Å². The van der Waals surface area contributed by atoms with E-state index in [0.29, 0.717) is 5.92 Å². The normalized spacial score (nSPS) is 21.0. The number of nitrogen functional groups attached to an aromatic ring is 1. The van der Waals surface area contributed by atoms with Crippen LogP contribution in [0.3, 0.4) is 0 Å². The summed E-state index contributed by atoms with van der Waals surface area (Å²) in [5.74, 6) is 0.634. The fourth-order valence-electron chi connectivity index (χ4n) is 1.66. The first-order chi connectivity index (χ1) is 6.86. The number of para-hydroxylation sites is 2. The van der Waals surface area contributed by atoms with Crippen LogP contribution in [0.5, 0.6) is 0 Å². The fraction of sp³-hybridized carbons (Fsp3) is 0.455.